The molecule has 0 aliphatic carbocycles. The van der Waals surface area contributed by atoms with E-state index >= 15 is 0 Å². The van der Waals surface area contributed by atoms with Gasteiger partial charge in [-0.05, 0) is 41.5 Å². The minimum atomic E-state index is 0.0635. The normalized spacial score (nSPS) is 13.9. The van der Waals surface area contributed by atoms with Gasteiger partial charge < -0.3 is 5.73 Å². The van der Waals surface area contributed by atoms with Gasteiger partial charge in [0.25, 0.3) is 0 Å². The molecule has 0 radical (unpaired) electrons. The van der Waals surface area contributed by atoms with Crippen LogP contribution in [0.4, 0.5) is 0 Å². The summed E-state index contributed by atoms with van der Waals surface area (Å²) in [5.74, 6) is 0.378. The molecule has 0 bridgehead atoms. The second-order valence-electron chi connectivity index (χ2n) is 5.69. The molecule has 2 rings (SSSR count). The van der Waals surface area contributed by atoms with E-state index in [-0.39, 0.29) is 6.04 Å². The van der Waals surface area contributed by atoms with Crippen LogP contribution in [-0.4, -0.2) is 0 Å². The highest BCUT2D eigenvalue weighted by molar-refractivity contribution is 5.35. The zero-order valence-corrected chi connectivity index (χ0v) is 13.5. The third kappa shape index (κ3) is 3.54. The van der Waals surface area contributed by atoms with E-state index in [1.54, 1.807) is 0 Å². The van der Waals surface area contributed by atoms with E-state index in [9.17, 15) is 0 Å². The maximum Gasteiger partial charge on any atom is 0.0364 e. The molecular formula is C20H27N. The van der Waals surface area contributed by atoms with Crippen molar-refractivity contribution in [1.82, 2.24) is 0 Å². The van der Waals surface area contributed by atoms with Crippen LogP contribution in [0.2, 0.25) is 0 Å². The number of hydrogen-bond donors (Lipinski definition) is 1. The molecule has 0 amide bonds. The van der Waals surface area contributed by atoms with Crippen molar-refractivity contribution in [2.24, 2.45) is 5.73 Å². The third-order valence-corrected chi connectivity index (χ3v) is 4.48. The van der Waals surface area contributed by atoms with Gasteiger partial charge in [-0.3, -0.25) is 0 Å². The monoisotopic (exact) mass is 281 g/mol. The van der Waals surface area contributed by atoms with E-state index in [0.29, 0.717) is 5.92 Å². The number of aryl methyl sites for hydroxylation is 2. The van der Waals surface area contributed by atoms with Crippen molar-refractivity contribution in [2.45, 2.75) is 52.0 Å². The van der Waals surface area contributed by atoms with Gasteiger partial charge in [0.05, 0.1) is 0 Å². The Balaban J connectivity index is 2.31. The fraction of sp³-hybridized carbons (Fsp3) is 0.400. The maximum absolute atomic E-state index is 6.60. The van der Waals surface area contributed by atoms with Crippen LogP contribution in [0.15, 0.2) is 48.5 Å². The summed E-state index contributed by atoms with van der Waals surface area (Å²) < 4.78 is 0. The van der Waals surface area contributed by atoms with Crippen LogP contribution in [0.1, 0.15) is 61.4 Å². The molecule has 0 saturated heterocycles. The molecule has 1 heteroatoms. The van der Waals surface area contributed by atoms with E-state index in [4.69, 9.17) is 5.73 Å². The van der Waals surface area contributed by atoms with Crippen molar-refractivity contribution in [2.75, 3.05) is 0 Å². The topological polar surface area (TPSA) is 26.0 Å². The lowest BCUT2D eigenvalue weighted by molar-refractivity contribution is 0.538. The minimum absolute atomic E-state index is 0.0635. The Hall–Kier alpha value is -1.60. The average Bonchev–Trinajstić information content (AvgIpc) is 2.55. The molecule has 2 aromatic carbocycles. The van der Waals surface area contributed by atoms with Gasteiger partial charge in [0.15, 0.2) is 0 Å². The zero-order chi connectivity index (χ0) is 15.2. The van der Waals surface area contributed by atoms with E-state index in [0.717, 1.165) is 19.3 Å². The van der Waals surface area contributed by atoms with Gasteiger partial charge >= 0.3 is 0 Å². The van der Waals surface area contributed by atoms with Crippen LogP contribution in [0, 0.1) is 0 Å². The minimum Gasteiger partial charge on any atom is -0.323 e. The number of hydrogen-bond acceptors (Lipinski definition) is 1. The molecule has 2 unspecified atom stereocenters. The average molecular weight is 281 g/mol. The van der Waals surface area contributed by atoms with Crippen LogP contribution < -0.4 is 5.73 Å². The van der Waals surface area contributed by atoms with Crippen LogP contribution in [-0.2, 0) is 12.8 Å². The molecule has 0 aliphatic rings. The van der Waals surface area contributed by atoms with Gasteiger partial charge in [-0.25, -0.2) is 0 Å². The number of rotatable bonds is 6. The maximum atomic E-state index is 6.60. The summed E-state index contributed by atoms with van der Waals surface area (Å²) in [5.41, 5.74) is 12.1. The van der Waals surface area contributed by atoms with Gasteiger partial charge in [0.1, 0.15) is 0 Å². The molecule has 21 heavy (non-hydrogen) atoms. The smallest absolute Gasteiger partial charge is 0.0364 e. The second kappa shape index (κ2) is 7.42. The molecule has 1 nitrogen and oxygen atoms in total. The van der Waals surface area contributed by atoms with Crippen molar-refractivity contribution in [3.8, 4) is 0 Å². The molecular weight excluding hydrogens is 254 g/mol. The molecule has 0 saturated carbocycles. The number of benzene rings is 2. The van der Waals surface area contributed by atoms with Crippen molar-refractivity contribution < 1.29 is 0 Å². The van der Waals surface area contributed by atoms with Crippen LogP contribution in [0.25, 0.3) is 0 Å². The molecule has 2 atom stereocenters. The predicted octanol–water partition coefficient (Wildman–Crippen LogP) is 5.01. The van der Waals surface area contributed by atoms with Crippen LogP contribution in [0.5, 0.6) is 0 Å². The summed E-state index contributed by atoms with van der Waals surface area (Å²) in [7, 11) is 0. The Kier molecular flexibility index (Phi) is 5.58. The second-order valence-corrected chi connectivity index (χ2v) is 5.69. The summed E-state index contributed by atoms with van der Waals surface area (Å²) >= 11 is 0. The molecule has 112 valence electrons. The Labute approximate surface area is 129 Å². The Bertz CT molecular complexity index is 559. The largest absolute Gasteiger partial charge is 0.323 e. The van der Waals surface area contributed by atoms with Crippen molar-refractivity contribution in [3.05, 3.63) is 70.8 Å². The highest BCUT2D eigenvalue weighted by Crippen LogP contribution is 2.32. The lowest BCUT2D eigenvalue weighted by atomic mass is 9.84. The van der Waals surface area contributed by atoms with Gasteiger partial charge in [0, 0.05) is 12.0 Å². The van der Waals surface area contributed by atoms with E-state index in [1.165, 1.54) is 22.3 Å². The van der Waals surface area contributed by atoms with Crippen molar-refractivity contribution in [3.63, 3.8) is 0 Å². The first-order valence-electron chi connectivity index (χ1n) is 8.13. The Morgan fingerprint density at radius 3 is 2.05 bits per heavy atom. The van der Waals surface area contributed by atoms with Gasteiger partial charge in [-0.15, -0.1) is 0 Å². The highest BCUT2D eigenvalue weighted by atomic mass is 14.7. The van der Waals surface area contributed by atoms with Gasteiger partial charge in [-0.1, -0.05) is 69.3 Å². The number of nitrogens with two attached hydrogens (primary N) is 1. The predicted molar refractivity (Wildman–Crippen MR) is 91.6 cm³/mol. The summed E-state index contributed by atoms with van der Waals surface area (Å²) in [6.07, 6.45) is 3.22. The van der Waals surface area contributed by atoms with E-state index in [2.05, 4.69) is 69.3 Å². The first kappa shape index (κ1) is 15.8. The molecule has 2 aromatic rings. The Morgan fingerprint density at radius 1 is 0.810 bits per heavy atom. The standard InChI is InChI=1S/C20H27N/c1-4-15-12-13-18(14-16(15)5-2)20(21)19(6-3)17-10-8-7-9-11-17/h7-14,19-20H,4-6,21H2,1-3H3. The van der Waals surface area contributed by atoms with E-state index < -0.39 is 0 Å². The first-order valence-corrected chi connectivity index (χ1v) is 8.13. The third-order valence-electron chi connectivity index (χ3n) is 4.48. The lowest BCUT2D eigenvalue weighted by Gasteiger charge is -2.24. The first-order chi connectivity index (χ1) is 10.2. The summed E-state index contributed by atoms with van der Waals surface area (Å²) in [6, 6.07) is 17.5. The highest BCUT2D eigenvalue weighted by Gasteiger charge is 2.20. The molecule has 0 aromatic heterocycles. The Morgan fingerprint density at radius 2 is 1.48 bits per heavy atom. The zero-order valence-electron chi connectivity index (χ0n) is 13.5. The molecule has 0 aliphatic heterocycles. The molecule has 0 spiro atoms. The quantitative estimate of drug-likeness (QED) is 0.791. The summed E-state index contributed by atoms with van der Waals surface area (Å²) in [5, 5.41) is 0. The van der Waals surface area contributed by atoms with Crippen molar-refractivity contribution in [1.29, 1.82) is 0 Å². The van der Waals surface area contributed by atoms with E-state index in [1.807, 2.05) is 0 Å². The molecule has 0 heterocycles. The fourth-order valence-corrected chi connectivity index (χ4v) is 3.16. The molecule has 2 N–H and O–H groups in total. The van der Waals surface area contributed by atoms with Crippen molar-refractivity contribution >= 4 is 0 Å². The van der Waals surface area contributed by atoms with Gasteiger partial charge in [0.2, 0.25) is 0 Å². The molecule has 0 fully saturated rings. The SMILES string of the molecule is CCc1ccc(C(N)C(CC)c2ccccc2)cc1CC. The summed E-state index contributed by atoms with van der Waals surface area (Å²) in [6.45, 7) is 6.66. The van der Waals surface area contributed by atoms with Gasteiger partial charge in [-0.2, -0.15) is 0 Å². The van der Waals surface area contributed by atoms with Crippen LogP contribution >= 0.6 is 0 Å². The van der Waals surface area contributed by atoms with Crippen LogP contribution in [0.3, 0.4) is 0 Å². The fourth-order valence-electron chi connectivity index (χ4n) is 3.16. The lowest BCUT2D eigenvalue weighted by Crippen LogP contribution is -2.19. The summed E-state index contributed by atoms with van der Waals surface area (Å²) in [4.78, 5) is 0.